The number of thiophene rings is 1. The van der Waals surface area contributed by atoms with E-state index in [1.165, 1.54) is 0 Å². The maximum absolute atomic E-state index is 4.44. The van der Waals surface area contributed by atoms with Gasteiger partial charge >= 0.3 is 0 Å². The van der Waals surface area contributed by atoms with E-state index in [0.29, 0.717) is 0 Å². The largest absolute Gasteiger partial charge is 0.221 e. The Morgan fingerprint density at radius 1 is 1.20 bits per heavy atom. The average Bonchev–Trinajstić information content (AvgIpc) is 2.82. The molecule has 0 bridgehead atoms. The number of aromatic nitrogens is 3. The molecule has 0 spiro atoms. The third kappa shape index (κ3) is 1.57. The van der Waals surface area contributed by atoms with Crippen molar-refractivity contribution in [3.63, 3.8) is 0 Å². The second-order valence-electron chi connectivity index (χ2n) is 3.04. The van der Waals surface area contributed by atoms with Crippen LogP contribution in [0.5, 0.6) is 0 Å². The molecular formula is C10H6BrN3S. The highest BCUT2D eigenvalue weighted by Crippen LogP contribution is 2.29. The molecule has 0 unspecified atom stereocenters. The Kier molecular flexibility index (Phi) is 2.07. The minimum Gasteiger partial charge on any atom is -0.221 e. The van der Waals surface area contributed by atoms with Crippen molar-refractivity contribution in [1.29, 1.82) is 0 Å². The number of pyridine rings is 1. The highest BCUT2D eigenvalue weighted by Gasteiger charge is 2.07. The fourth-order valence-corrected chi connectivity index (χ4v) is 2.69. The average molecular weight is 280 g/mol. The van der Waals surface area contributed by atoms with Crippen LogP contribution in [0.3, 0.4) is 0 Å². The van der Waals surface area contributed by atoms with Crippen LogP contribution in [0.2, 0.25) is 0 Å². The van der Waals surface area contributed by atoms with Gasteiger partial charge in [-0.3, -0.25) is 0 Å². The van der Waals surface area contributed by atoms with Crippen LogP contribution in [0.4, 0.5) is 0 Å². The molecule has 3 heterocycles. The van der Waals surface area contributed by atoms with Crippen molar-refractivity contribution in [3.05, 3.63) is 40.3 Å². The van der Waals surface area contributed by atoms with Crippen LogP contribution < -0.4 is 0 Å². The fourth-order valence-electron chi connectivity index (χ4n) is 1.37. The molecule has 3 aromatic rings. The number of hydrogen-bond donors (Lipinski definition) is 0. The van der Waals surface area contributed by atoms with E-state index in [-0.39, 0.29) is 0 Å². The normalized spacial score (nSPS) is 11.0. The van der Waals surface area contributed by atoms with Gasteiger partial charge in [0.1, 0.15) is 0 Å². The fraction of sp³-hybridized carbons (Fsp3) is 0. The number of hydrogen-bond acceptors (Lipinski definition) is 3. The summed E-state index contributed by atoms with van der Waals surface area (Å²) in [7, 11) is 0. The second kappa shape index (κ2) is 3.43. The lowest BCUT2D eigenvalue weighted by Gasteiger charge is -1.85. The number of fused-ring (bicyclic) bond motifs is 1. The summed E-state index contributed by atoms with van der Waals surface area (Å²) in [5.41, 5.74) is 0.872. The van der Waals surface area contributed by atoms with Crippen molar-refractivity contribution in [2.24, 2.45) is 0 Å². The SMILES string of the molecule is Brc1ccc(-c2nc3ccccn3n2)s1. The van der Waals surface area contributed by atoms with Gasteiger partial charge in [-0.15, -0.1) is 16.4 Å². The summed E-state index contributed by atoms with van der Waals surface area (Å²) in [6.45, 7) is 0. The molecule has 3 rings (SSSR count). The van der Waals surface area contributed by atoms with Crippen molar-refractivity contribution >= 4 is 32.9 Å². The van der Waals surface area contributed by atoms with Crippen molar-refractivity contribution in [2.75, 3.05) is 0 Å². The van der Waals surface area contributed by atoms with Gasteiger partial charge in [0.25, 0.3) is 0 Å². The molecule has 3 nitrogen and oxygen atoms in total. The van der Waals surface area contributed by atoms with Crippen molar-refractivity contribution < 1.29 is 0 Å². The van der Waals surface area contributed by atoms with Crippen LogP contribution in [0.25, 0.3) is 16.3 Å². The summed E-state index contributed by atoms with van der Waals surface area (Å²) in [5, 5.41) is 4.39. The highest BCUT2D eigenvalue weighted by molar-refractivity contribution is 9.11. The van der Waals surface area contributed by atoms with Gasteiger partial charge in [-0.2, -0.15) is 0 Å². The molecule has 0 saturated heterocycles. The van der Waals surface area contributed by atoms with Gasteiger partial charge < -0.3 is 0 Å². The van der Waals surface area contributed by atoms with Crippen LogP contribution in [0.1, 0.15) is 0 Å². The summed E-state index contributed by atoms with van der Waals surface area (Å²) in [6, 6.07) is 9.86. The smallest absolute Gasteiger partial charge is 0.192 e. The number of halogens is 1. The van der Waals surface area contributed by atoms with E-state index in [9.17, 15) is 0 Å². The summed E-state index contributed by atoms with van der Waals surface area (Å²) in [4.78, 5) is 5.51. The number of rotatable bonds is 1. The second-order valence-corrected chi connectivity index (χ2v) is 5.51. The molecule has 5 heteroatoms. The first-order valence-electron chi connectivity index (χ1n) is 4.40. The molecule has 0 aliphatic heterocycles. The minimum absolute atomic E-state index is 0.775. The quantitative estimate of drug-likeness (QED) is 0.685. The van der Waals surface area contributed by atoms with Gasteiger partial charge in [0.05, 0.1) is 8.66 Å². The van der Waals surface area contributed by atoms with E-state index in [1.807, 2.05) is 36.5 Å². The third-order valence-corrected chi connectivity index (χ3v) is 3.65. The van der Waals surface area contributed by atoms with Crippen LogP contribution in [-0.2, 0) is 0 Å². The van der Waals surface area contributed by atoms with Gasteiger partial charge in [0.15, 0.2) is 11.5 Å². The first kappa shape index (κ1) is 9.06. The van der Waals surface area contributed by atoms with E-state index in [4.69, 9.17) is 0 Å². The zero-order valence-electron chi connectivity index (χ0n) is 7.59. The maximum Gasteiger partial charge on any atom is 0.192 e. The molecule has 0 aliphatic rings. The lowest BCUT2D eigenvalue weighted by Crippen LogP contribution is -1.83. The molecule has 3 aromatic heterocycles. The molecule has 0 aromatic carbocycles. The first-order chi connectivity index (χ1) is 7.33. The zero-order chi connectivity index (χ0) is 10.3. The van der Waals surface area contributed by atoms with Crippen molar-refractivity contribution in [2.45, 2.75) is 0 Å². The van der Waals surface area contributed by atoms with E-state index in [0.717, 1.165) is 20.1 Å². The molecule has 0 N–H and O–H groups in total. The Hall–Kier alpha value is -1.20. The van der Waals surface area contributed by atoms with E-state index < -0.39 is 0 Å². The van der Waals surface area contributed by atoms with Gasteiger partial charge in [0.2, 0.25) is 0 Å². The summed E-state index contributed by atoms with van der Waals surface area (Å²) in [5.74, 6) is 0.775. The monoisotopic (exact) mass is 279 g/mol. The molecule has 15 heavy (non-hydrogen) atoms. The zero-order valence-corrected chi connectivity index (χ0v) is 9.99. The Balaban J connectivity index is 2.19. The molecule has 0 fully saturated rings. The summed E-state index contributed by atoms with van der Waals surface area (Å²) >= 11 is 5.06. The van der Waals surface area contributed by atoms with Crippen LogP contribution in [-0.4, -0.2) is 14.6 Å². The lowest BCUT2D eigenvalue weighted by molar-refractivity contribution is 0.967. The molecule has 0 atom stereocenters. The van der Waals surface area contributed by atoms with Crippen LogP contribution in [0.15, 0.2) is 40.3 Å². The van der Waals surface area contributed by atoms with Crippen molar-refractivity contribution in [1.82, 2.24) is 14.6 Å². The lowest BCUT2D eigenvalue weighted by atomic mass is 10.4. The van der Waals surface area contributed by atoms with E-state index >= 15 is 0 Å². The Bertz CT molecular complexity index is 581. The van der Waals surface area contributed by atoms with Gasteiger partial charge in [0, 0.05) is 6.20 Å². The Morgan fingerprint density at radius 3 is 2.87 bits per heavy atom. The van der Waals surface area contributed by atoms with Gasteiger partial charge in [-0.25, -0.2) is 9.50 Å². The van der Waals surface area contributed by atoms with E-state index in [2.05, 4.69) is 26.0 Å². The highest BCUT2D eigenvalue weighted by atomic mass is 79.9. The third-order valence-electron chi connectivity index (χ3n) is 2.03. The predicted octanol–water partition coefficient (Wildman–Crippen LogP) is 3.22. The van der Waals surface area contributed by atoms with Gasteiger partial charge in [-0.1, -0.05) is 6.07 Å². The standard InChI is InChI=1S/C10H6BrN3S/c11-8-5-4-7(15-8)10-12-9-3-1-2-6-14(9)13-10/h1-6H. The summed E-state index contributed by atoms with van der Waals surface area (Å²) in [6.07, 6.45) is 1.90. The van der Waals surface area contributed by atoms with Crippen molar-refractivity contribution in [3.8, 4) is 10.7 Å². The topological polar surface area (TPSA) is 30.2 Å². The first-order valence-corrected chi connectivity index (χ1v) is 6.01. The molecular weight excluding hydrogens is 274 g/mol. The van der Waals surface area contributed by atoms with Gasteiger partial charge in [-0.05, 0) is 40.2 Å². The minimum atomic E-state index is 0.775. The summed E-state index contributed by atoms with van der Waals surface area (Å²) < 4.78 is 2.87. The molecule has 0 aliphatic carbocycles. The molecule has 0 radical (unpaired) electrons. The molecule has 0 amide bonds. The predicted molar refractivity (Wildman–Crippen MR) is 64.0 cm³/mol. The Morgan fingerprint density at radius 2 is 2.13 bits per heavy atom. The van der Waals surface area contributed by atoms with Crippen LogP contribution in [0, 0.1) is 0 Å². The van der Waals surface area contributed by atoms with E-state index in [1.54, 1.807) is 15.9 Å². The van der Waals surface area contributed by atoms with Crippen LogP contribution >= 0.6 is 27.3 Å². The maximum atomic E-state index is 4.44. The number of nitrogens with zero attached hydrogens (tertiary/aromatic N) is 3. The Labute approximate surface area is 98.5 Å². The molecule has 0 saturated carbocycles. The molecule has 74 valence electrons.